The van der Waals surface area contributed by atoms with Gasteiger partial charge in [0.15, 0.2) is 5.75 Å². The van der Waals surface area contributed by atoms with E-state index in [0.717, 1.165) is 42.1 Å². The van der Waals surface area contributed by atoms with Crippen LogP contribution in [0.15, 0.2) is 131 Å². The highest BCUT2D eigenvalue weighted by Crippen LogP contribution is 2.52. The first kappa shape index (κ1) is 62.7. The molecule has 0 aliphatic rings. The lowest BCUT2D eigenvalue weighted by Gasteiger charge is -2.21. The lowest BCUT2D eigenvalue weighted by molar-refractivity contribution is 0.374. The van der Waals surface area contributed by atoms with Gasteiger partial charge < -0.3 is 54.1 Å². The Hall–Kier alpha value is -6.80. The number of halogens is 3. The fourth-order valence-electron chi connectivity index (χ4n) is 5.77. The average molecular weight is 1230 g/mol. The molecule has 0 saturated heterocycles. The van der Waals surface area contributed by atoms with Crippen molar-refractivity contribution in [3.05, 3.63) is 113 Å². The van der Waals surface area contributed by atoms with E-state index >= 15 is 0 Å². The second kappa shape index (κ2) is 26.0. The lowest BCUT2D eigenvalue weighted by atomic mass is 10.1. The Morgan fingerprint density at radius 3 is 1.69 bits per heavy atom. The van der Waals surface area contributed by atoms with E-state index in [1.807, 2.05) is 6.07 Å². The number of aromatic nitrogens is 5. The molecule has 15 N–H and O–H groups in total. The van der Waals surface area contributed by atoms with Crippen molar-refractivity contribution in [2.75, 3.05) is 41.4 Å². The topological polar surface area (TPSA) is 485 Å². The predicted molar refractivity (Wildman–Crippen MR) is 288 cm³/mol. The molecule has 7 aromatic rings. The van der Waals surface area contributed by atoms with Gasteiger partial charge in [0, 0.05) is 36.7 Å². The van der Waals surface area contributed by atoms with Crippen LogP contribution in [-0.4, -0.2) is 116 Å². The number of nitrogens with two attached hydrogens (primary N) is 1. The van der Waals surface area contributed by atoms with Crippen LogP contribution in [0.1, 0.15) is 0 Å². The number of hydrogen-bond donors (Lipinski definition) is 14. The first-order valence-electron chi connectivity index (χ1n) is 19.8. The number of phenolic OH excluding ortho intramolecular Hbond substituents is 1. The van der Waals surface area contributed by atoms with Gasteiger partial charge in [0.2, 0.25) is 22.9 Å². The highest BCUT2D eigenvalue weighted by molar-refractivity contribution is 8.19. The van der Waals surface area contributed by atoms with Crippen molar-refractivity contribution in [2.45, 2.75) is 19.6 Å². The fourth-order valence-corrected chi connectivity index (χ4v) is 8.53. The summed E-state index contributed by atoms with van der Waals surface area (Å²) < 4.78 is 155. The van der Waals surface area contributed by atoms with Crippen LogP contribution in [0.25, 0.3) is 15.6 Å². The van der Waals surface area contributed by atoms with Crippen LogP contribution in [0.3, 0.4) is 0 Å². The molecule has 0 unspecified atom stereocenters. The molecule has 0 aliphatic heterocycles. The molecule has 412 valence electrons. The molecule has 0 amide bonds. The van der Waals surface area contributed by atoms with Crippen molar-refractivity contribution in [1.29, 1.82) is 0 Å². The fraction of sp³-hybridized carbons (Fsp3) is 0.0769. The van der Waals surface area contributed by atoms with E-state index in [1.165, 1.54) is 25.0 Å². The van der Waals surface area contributed by atoms with Gasteiger partial charge >= 0.3 is 0 Å². The molecule has 0 atom stereocenters. The number of hydrogen-bond acceptors (Lipinski definition) is 26. The smallest absolute Gasteiger partial charge is 0.296 e. The maximum absolute atomic E-state index is 12.6. The van der Waals surface area contributed by atoms with Gasteiger partial charge in [0.1, 0.15) is 60.1 Å². The minimum Gasteiger partial charge on any atom is -0.505 e. The number of benzene rings is 5. The summed E-state index contributed by atoms with van der Waals surface area (Å²) in [6, 6.07) is 16.0. The van der Waals surface area contributed by atoms with Crippen LogP contribution >= 0.6 is 56.5 Å². The van der Waals surface area contributed by atoms with Gasteiger partial charge in [-0.15, -0.1) is 26.9 Å². The largest absolute Gasteiger partial charge is 0.505 e. The van der Waals surface area contributed by atoms with Crippen LogP contribution in [-0.2, 0) is 30.4 Å². The molecule has 7 rings (SSSR count). The molecule has 30 nitrogen and oxygen atoms in total. The molecule has 0 saturated carbocycles. The zero-order chi connectivity index (χ0) is 57.8. The quantitative estimate of drug-likeness (QED) is 0.0127. The van der Waals surface area contributed by atoms with Gasteiger partial charge in [-0.05, 0) is 89.8 Å². The number of nitrogens with one attached hydrogen (secondary N) is 3. The molecular weight excluding hydrogens is 1190 g/mol. The minimum absolute atomic E-state index is 0.00717. The number of azo groups is 2. The normalized spacial score (nSPS) is 12.3. The maximum Gasteiger partial charge on any atom is 0.296 e. The molecule has 0 aliphatic carbocycles. The van der Waals surface area contributed by atoms with E-state index < -0.39 is 106 Å². The van der Waals surface area contributed by atoms with E-state index in [9.17, 15) is 66.8 Å². The van der Waals surface area contributed by atoms with Crippen molar-refractivity contribution in [3.8, 4) is 5.75 Å². The third-order valence-electron chi connectivity index (χ3n) is 8.84. The third-order valence-corrected chi connectivity index (χ3v) is 12.9. The first-order chi connectivity index (χ1) is 35.8. The molecular formula is C39H39Cl3N14O16S5. The SMILES string of the molecule is CCl.CNc1cccc(Nc2nc(Cl)nc(Nc3ccc(S(O)(O)O)c(N=Nc4c(S(=O)(=O)O)cc5cc(S(=O)(=O)O)c(N=Nc6ccc(S(O)(O)O)cc6)c(N)c5c4O)c3)n2)c1.CS(=O)(=O)O.[C-]#[N+]c1cncnc1Cl. The Morgan fingerprint density at radius 1 is 0.662 bits per heavy atom. The Labute approximate surface area is 454 Å². The van der Waals surface area contributed by atoms with Gasteiger partial charge in [0.05, 0.1) is 39.4 Å². The van der Waals surface area contributed by atoms with Gasteiger partial charge in [-0.3, -0.25) is 18.6 Å². The Morgan fingerprint density at radius 2 is 1.19 bits per heavy atom. The van der Waals surface area contributed by atoms with Crippen LogP contribution < -0.4 is 21.7 Å². The minimum atomic E-state index is -5.37. The van der Waals surface area contributed by atoms with E-state index in [0.29, 0.717) is 29.8 Å². The van der Waals surface area contributed by atoms with E-state index in [4.69, 9.17) is 40.1 Å². The highest BCUT2D eigenvalue weighted by atomic mass is 35.5. The van der Waals surface area contributed by atoms with Crippen molar-refractivity contribution < 1.29 is 71.3 Å². The van der Waals surface area contributed by atoms with Gasteiger partial charge in [-0.25, -0.2) is 9.83 Å². The molecule has 0 fully saturated rings. The Balaban J connectivity index is 0.000000692. The summed E-state index contributed by atoms with van der Waals surface area (Å²) in [5.74, 6) is -1.30. The second-order valence-corrected chi connectivity index (χ2v) is 22.2. The number of aromatic hydroxyl groups is 1. The van der Waals surface area contributed by atoms with Crippen molar-refractivity contribution >= 4 is 161 Å². The number of fused-ring (bicyclic) bond motifs is 1. The molecule has 2 aromatic heterocycles. The van der Waals surface area contributed by atoms with E-state index in [1.54, 1.807) is 25.2 Å². The number of nitrogen functional groups attached to an aromatic ring is 1. The summed E-state index contributed by atoms with van der Waals surface area (Å²) in [6.07, 6.45) is 4.87. The summed E-state index contributed by atoms with van der Waals surface area (Å²) in [6.45, 7) is 6.55. The molecule has 0 bridgehead atoms. The van der Waals surface area contributed by atoms with Crippen molar-refractivity contribution in [1.82, 2.24) is 24.9 Å². The highest BCUT2D eigenvalue weighted by Gasteiger charge is 2.29. The number of nitrogens with zero attached hydrogens (tertiary/aromatic N) is 10. The Kier molecular flexibility index (Phi) is 21.2. The molecule has 2 heterocycles. The standard InChI is InChI=1S/C32H30ClN11O13S4.C5H2ClN3.CH3Cl.CH4O3S/c1-35-17-3-2-4-18(13-17)36-31-38-30(33)39-32(40-31)37-19-7-10-22(59(49,50)51)21(14-19)42-44-28-24(61(55,56)57)12-15-11-23(60(52,53)54)27(26(34)25(15)29(28)45)43-41-16-5-8-20(9-6-16)58(46,47)48;1-7-4-2-8-3-9-5(4)6;1-2;1-5(2,3)4/h2-14,35,45-51H,34H2,1H3,(H,52,53,54)(H,55,56,57)(H2,36,37,38,39,40);2-3H;1H3;1H3,(H,2,3,4). The predicted octanol–water partition coefficient (Wildman–Crippen LogP) is 11.0. The summed E-state index contributed by atoms with van der Waals surface area (Å²) in [7, 11) is -21.2. The molecule has 38 heteroatoms. The number of rotatable bonds is 13. The van der Waals surface area contributed by atoms with Crippen molar-refractivity contribution in [3.63, 3.8) is 0 Å². The van der Waals surface area contributed by atoms with Crippen molar-refractivity contribution in [2.24, 2.45) is 20.5 Å². The lowest BCUT2D eigenvalue weighted by Crippen LogP contribution is -2.04. The third kappa shape index (κ3) is 18.2. The zero-order valence-electron chi connectivity index (χ0n) is 38.8. The number of alkyl halides is 1. The van der Waals surface area contributed by atoms with Gasteiger partial charge in [-0.2, -0.15) is 45.3 Å². The Bertz CT molecular complexity index is 3750. The zero-order valence-corrected chi connectivity index (χ0v) is 45.2. The summed E-state index contributed by atoms with van der Waals surface area (Å²) in [5, 5.41) is 34.3. The maximum atomic E-state index is 12.6. The molecule has 0 radical (unpaired) electrons. The summed E-state index contributed by atoms with van der Waals surface area (Å²) >= 11 is 16.2. The van der Waals surface area contributed by atoms with E-state index in [2.05, 4.69) is 77.8 Å². The summed E-state index contributed by atoms with van der Waals surface area (Å²) in [5.41, 5.74) is 4.74. The molecule has 0 spiro atoms. The van der Waals surface area contributed by atoms with Gasteiger partial charge in [0.25, 0.3) is 30.4 Å². The van der Waals surface area contributed by atoms with E-state index in [-0.39, 0.29) is 38.6 Å². The molecule has 77 heavy (non-hydrogen) atoms. The summed E-state index contributed by atoms with van der Waals surface area (Å²) in [4.78, 5) is 19.4. The second-order valence-electron chi connectivity index (χ2n) is 14.2. The monoisotopic (exact) mass is 1220 g/mol. The average Bonchev–Trinajstić information content (AvgIpc) is 3.32. The van der Waals surface area contributed by atoms with Crippen LogP contribution in [0.2, 0.25) is 10.4 Å². The number of phenols is 1. The first-order valence-corrected chi connectivity index (χ1v) is 29.0. The van der Waals surface area contributed by atoms with Gasteiger partial charge in [-0.1, -0.05) is 17.7 Å². The van der Waals surface area contributed by atoms with Crippen LogP contribution in [0.5, 0.6) is 5.75 Å². The van der Waals surface area contributed by atoms with Crippen LogP contribution in [0, 0.1) is 6.57 Å². The molecule has 5 aromatic carbocycles. The van der Waals surface area contributed by atoms with Crippen LogP contribution in [0.4, 0.5) is 63.1 Å². The number of anilines is 6.